The molecule has 2 aliphatic carbocycles. The smallest absolute Gasteiger partial charge is 0.399 e. The Morgan fingerprint density at radius 2 is 1.24 bits per heavy atom. The molecular formula is C33H48BBrN8O2. The summed E-state index contributed by atoms with van der Waals surface area (Å²) >= 11 is 3.23. The van der Waals surface area contributed by atoms with Crippen molar-refractivity contribution in [2.75, 3.05) is 11.5 Å². The van der Waals surface area contributed by atoms with Gasteiger partial charge in [0.15, 0.2) is 0 Å². The molecule has 0 amide bonds. The highest BCUT2D eigenvalue weighted by molar-refractivity contribution is 9.10. The molecule has 3 aliphatic rings. The van der Waals surface area contributed by atoms with Gasteiger partial charge < -0.3 is 20.8 Å². The molecule has 10 nitrogen and oxygen atoms in total. The zero-order valence-corrected chi connectivity index (χ0v) is 28.6. The summed E-state index contributed by atoms with van der Waals surface area (Å²) in [7, 11) is -0.336. The van der Waals surface area contributed by atoms with Crippen LogP contribution in [0.1, 0.15) is 95.1 Å². The number of benzene rings is 2. The zero-order valence-electron chi connectivity index (χ0n) is 27.1. The minimum atomic E-state index is -0.336. The van der Waals surface area contributed by atoms with E-state index in [9.17, 15) is 0 Å². The van der Waals surface area contributed by atoms with Crippen LogP contribution in [-0.4, -0.2) is 48.3 Å². The number of hydrogen-bond donors (Lipinski definition) is 2. The first-order chi connectivity index (χ1) is 20.6. The van der Waals surface area contributed by atoms with E-state index in [2.05, 4.69) is 76.2 Å². The van der Waals surface area contributed by atoms with E-state index >= 15 is 0 Å². The maximum Gasteiger partial charge on any atom is 0.495 e. The topological polar surface area (TPSA) is 132 Å². The summed E-state index contributed by atoms with van der Waals surface area (Å²) in [6, 6.07) is 9.29. The monoisotopic (exact) mass is 678 g/mol. The summed E-state index contributed by atoms with van der Waals surface area (Å²) in [5.41, 5.74) is 20.4. The molecule has 3 heterocycles. The van der Waals surface area contributed by atoms with E-state index in [-0.39, 0.29) is 25.7 Å². The van der Waals surface area contributed by atoms with Gasteiger partial charge in [-0.2, -0.15) is 24.9 Å². The van der Waals surface area contributed by atoms with Gasteiger partial charge in [-0.15, -0.1) is 5.10 Å². The molecule has 45 heavy (non-hydrogen) atoms. The van der Waals surface area contributed by atoms with Gasteiger partial charge >= 0.3 is 7.12 Å². The minimum Gasteiger partial charge on any atom is -0.399 e. The molecule has 1 aliphatic heterocycles. The number of anilines is 2. The van der Waals surface area contributed by atoms with E-state index in [1.54, 1.807) is 11.0 Å². The van der Waals surface area contributed by atoms with Crippen LogP contribution in [0.15, 0.2) is 41.3 Å². The molecule has 2 aromatic heterocycles. The van der Waals surface area contributed by atoms with Gasteiger partial charge in [-0.1, -0.05) is 13.5 Å². The maximum atomic E-state index is 6.06. The third kappa shape index (κ3) is 7.96. The fraction of sp³-hybridized carbons (Fsp3) is 0.515. The van der Waals surface area contributed by atoms with Gasteiger partial charge in [0, 0.05) is 16.9 Å². The first-order valence-corrected chi connectivity index (χ1v) is 16.0. The predicted molar refractivity (Wildman–Crippen MR) is 186 cm³/mol. The lowest BCUT2D eigenvalue weighted by molar-refractivity contribution is 0.00578. The largest absolute Gasteiger partial charge is 0.495 e. The second kappa shape index (κ2) is 13.3. The van der Waals surface area contributed by atoms with Crippen molar-refractivity contribution in [3.63, 3.8) is 0 Å². The molecule has 0 spiro atoms. The van der Waals surface area contributed by atoms with Crippen molar-refractivity contribution in [1.82, 2.24) is 30.0 Å². The summed E-state index contributed by atoms with van der Waals surface area (Å²) in [5, 5.41) is 17.0. The molecule has 7 rings (SSSR count). The number of nitrogens with two attached hydrogens (primary N) is 2. The van der Waals surface area contributed by atoms with Gasteiger partial charge in [-0.05, 0) is 143 Å². The first-order valence-electron chi connectivity index (χ1n) is 15.2. The van der Waals surface area contributed by atoms with E-state index in [4.69, 9.17) is 20.8 Å². The molecule has 0 bridgehead atoms. The van der Waals surface area contributed by atoms with Crippen LogP contribution in [0.5, 0.6) is 0 Å². The number of hydrogen-bond acceptors (Lipinski definition) is 8. The average Bonchev–Trinajstić information content (AvgIpc) is 3.87. The summed E-state index contributed by atoms with van der Waals surface area (Å²) < 4.78 is 13.0. The highest BCUT2D eigenvalue weighted by Gasteiger charge is 2.52. The molecule has 12 heteroatoms. The van der Waals surface area contributed by atoms with Crippen LogP contribution in [0, 0.1) is 27.7 Å². The Kier molecular flexibility index (Phi) is 10.2. The zero-order chi connectivity index (χ0) is 32.0. The lowest BCUT2D eigenvalue weighted by Gasteiger charge is -2.32. The fourth-order valence-electron chi connectivity index (χ4n) is 4.90. The van der Waals surface area contributed by atoms with Crippen molar-refractivity contribution >= 4 is 39.9 Å². The van der Waals surface area contributed by atoms with Crippen LogP contribution < -0.4 is 16.9 Å². The number of nitrogens with zero attached hydrogens (tertiary/aromatic N) is 6. The fourth-order valence-corrected chi connectivity index (χ4v) is 5.16. The lowest BCUT2D eigenvalue weighted by Crippen LogP contribution is -2.41. The lowest BCUT2D eigenvalue weighted by atomic mass is 9.75. The van der Waals surface area contributed by atoms with Gasteiger partial charge in [0.1, 0.15) is 10.3 Å². The molecule has 1 saturated heterocycles. The Morgan fingerprint density at radius 3 is 1.76 bits per heavy atom. The van der Waals surface area contributed by atoms with E-state index in [0.29, 0.717) is 12.1 Å². The van der Waals surface area contributed by atoms with Crippen LogP contribution in [0.4, 0.5) is 11.4 Å². The summed E-state index contributed by atoms with van der Waals surface area (Å²) in [4.78, 5) is 3.59. The van der Waals surface area contributed by atoms with Crippen LogP contribution in [0.2, 0.25) is 0 Å². The van der Waals surface area contributed by atoms with Crippen molar-refractivity contribution in [2.45, 2.75) is 112 Å². The summed E-state index contributed by atoms with van der Waals surface area (Å²) in [5.74, 6) is 0. The molecule has 0 radical (unpaired) electrons. The molecule has 3 fully saturated rings. The van der Waals surface area contributed by atoms with Gasteiger partial charge in [0.25, 0.3) is 0 Å². The quantitative estimate of drug-likeness (QED) is 0.181. The van der Waals surface area contributed by atoms with E-state index < -0.39 is 0 Å². The third-order valence-electron chi connectivity index (χ3n) is 8.74. The van der Waals surface area contributed by atoms with E-state index in [0.717, 1.165) is 55.0 Å². The SMILES string of the molecule is Brc1cnn(C2CC2)n1.C.Cc1cc(N)c(C)c(-c2cnn(C3CC3)n2)c1.Cc1cc(N)c(C)c(B2OC(C)(C)C(C)(C)O2)c1. The maximum absolute atomic E-state index is 6.06. The Hall–Kier alpha value is -3.22. The normalized spacial score (nSPS) is 17.9. The minimum absolute atomic E-state index is 0. The summed E-state index contributed by atoms with van der Waals surface area (Å²) in [6.07, 6.45) is 8.42. The Balaban J connectivity index is 0.000000159. The average molecular weight is 680 g/mol. The molecule has 242 valence electrons. The number of halogens is 1. The Labute approximate surface area is 276 Å². The van der Waals surface area contributed by atoms with Gasteiger partial charge in [0.05, 0.1) is 35.7 Å². The van der Waals surface area contributed by atoms with Crippen molar-refractivity contribution in [2.24, 2.45) is 0 Å². The molecule has 4 N–H and O–H groups in total. The van der Waals surface area contributed by atoms with Gasteiger partial charge in [-0.25, -0.2) is 0 Å². The van der Waals surface area contributed by atoms with Gasteiger partial charge in [0.2, 0.25) is 0 Å². The molecule has 2 aromatic carbocycles. The van der Waals surface area contributed by atoms with Crippen LogP contribution in [0.25, 0.3) is 11.3 Å². The molecule has 4 aromatic rings. The van der Waals surface area contributed by atoms with Crippen molar-refractivity contribution in [3.05, 3.63) is 63.5 Å². The third-order valence-corrected chi connectivity index (χ3v) is 9.11. The van der Waals surface area contributed by atoms with Crippen molar-refractivity contribution < 1.29 is 9.31 Å². The second-order valence-corrected chi connectivity index (χ2v) is 14.0. The molecule has 2 saturated carbocycles. The van der Waals surface area contributed by atoms with Crippen molar-refractivity contribution in [3.8, 4) is 11.3 Å². The first kappa shape index (κ1) is 34.7. The Bertz CT molecular complexity index is 1630. The molecule has 0 unspecified atom stereocenters. The summed E-state index contributed by atoms with van der Waals surface area (Å²) in [6.45, 7) is 16.3. The number of aromatic nitrogens is 6. The number of rotatable bonds is 4. The number of nitrogen functional groups attached to an aromatic ring is 2. The van der Waals surface area contributed by atoms with Crippen LogP contribution in [-0.2, 0) is 9.31 Å². The predicted octanol–water partition coefficient (Wildman–Crippen LogP) is 6.68. The molecule has 0 atom stereocenters. The molecular weight excluding hydrogens is 631 g/mol. The van der Waals surface area contributed by atoms with E-state index in [1.165, 1.54) is 25.7 Å². The van der Waals surface area contributed by atoms with Crippen LogP contribution >= 0.6 is 15.9 Å². The second-order valence-electron chi connectivity index (χ2n) is 13.2. The van der Waals surface area contributed by atoms with Crippen molar-refractivity contribution in [1.29, 1.82) is 0 Å². The standard InChI is InChI=1S/C14H22BNO2.C13H16N4.C5H6BrN3.CH4/c1-9-7-11(10(2)12(16)8-9)15-17-13(3,4)14(5,6)18-15;1-8-5-11(9(2)12(14)6-8)13-7-15-17(16-13)10-3-4-10;6-5-3-7-9(8-5)4-1-2-4;/h7-8H,16H2,1-6H3;5-7,10H,3-4,14H2,1-2H3;3-4H,1-2H2;1H4. The highest BCUT2D eigenvalue weighted by atomic mass is 79.9. The number of aryl methyl sites for hydroxylation is 2. The Morgan fingerprint density at radius 1 is 0.756 bits per heavy atom. The highest BCUT2D eigenvalue weighted by Crippen LogP contribution is 2.37. The van der Waals surface area contributed by atoms with E-state index in [1.807, 2.05) is 50.8 Å². The van der Waals surface area contributed by atoms with Gasteiger partial charge in [-0.3, -0.25) is 0 Å². The van der Waals surface area contributed by atoms with Crippen LogP contribution in [0.3, 0.4) is 0 Å².